The van der Waals surface area contributed by atoms with E-state index in [-0.39, 0.29) is 17.6 Å². The minimum atomic E-state index is -0.880. The van der Waals surface area contributed by atoms with E-state index < -0.39 is 11.6 Å². The number of hydrogen-bond donors (Lipinski definition) is 2. The lowest BCUT2D eigenvalue weighted by Crippen LogP contribution is -2.27. The Hall–Kier alpha value is -3.33. The SMILES string of the molecule is CCNc1cc(F)c(F)c2c1Cc1ncc(-c3cnc(OC)nc3)c(N3CC[C@@H](N)C3)c1-2. The van der Waals surface area contributed by atoms with Gasteiger partial charge in [-0.05, 0) is 18.9 Å². The van der Waals surface area contributed by atoms with Crippen molar-refractivity contribution in [1.82, 2.24) is 15.0 Å². The zero-order valence-electron chi connectivity index (χ0n) is 18.0. The molecule has 3 aromatic rings. The van der Waals surface area contributed by atoms with Gasteiger partial charge >= 0.3 is 6.01 Å². The van der Waals surface area contributed by atoms with Crippen LogP contribution < -0.4 is 20.7 Å². The van der Waals surface area contributed by atoms with Crippen LogP contribution in [0, 0.1) is 11.6 Å². The van der Waals surface area contributed by atoms with E-state index in [9.17, 15) is 4.39 Å². The highest BCUT2D eigenvalue weighted by Gasteiger charge is 2.35. The molecule has 9 heteroatoms. The van der Waals surface area contributed by atoms with Crippen molar-refractivity contribution in [3.8, 4) is 28.3 Å². The molecule has 32 heavy (non-hydrogen) atoms. The number of methoxy groups -OCH3 is 1. The van der Waals surface area contributed by atoms with Crippen molar-refractivity contribution in [3.05, 3.63) is 47.5 Å². The van der Waals surface area contributed by atoms with Gasteiger partial charge in [0.2, 0.25) is 0 Å². The largest absolute Gasteiger partial charge is 0.467 e. The fraction of sp³-hybridized carbons (Fsp3) is 0.348. The van der Waals surface area contributed by atoms with Crippen LogP contribution in [0.15, 0.2) is 24.7 Å². The normalized spacial score (nSPS) is 16.8. The van der Waals surface area contributed by atoms with Gasteiger partial charge in [-0.25, -0.2) is 18.7 Å². The number of benzene rings is 1. The lowest BCUT2D eigenvalue weighted by atomic mass is 9.98. The van der Waals surface area contributed by atoms with E-state index in [1.807, 2.05) is 6.92 Å². The molecule has 0 unspecified atom stereocenters. The zero-order chi connectivity index (χ0) is 22.4. The summed E-state index contributed by atoms with van der Waals surface area (Å²) >= 11 is 0. The van der Waals surface area contributed by atoms with E-state index in [2.05, 4.69) is 25.2 Å². The molecule has 166 valence electrons. The van der Waals surface area contributed by atoms with Gasteiger partial charge in [-0.3, -0.25) is 4.98 Å². The Morgan fingerprint density at radius 1 is 1.19 bits per heavy atom. The van der Waals surface area contributed by atoms with Crippen LogP contribution >= 0.6 is 0 Å². The molecule has 2 aliphatic rings. The maximum absolute atomic E-state index is 15.3. The summed E-state index contributed by atoms with van der Waals surface area (Å²) in [5.41, 5.74) is 11.4. The first kappa shape index (κ1) is 20.6. The van der Waals surface area contributed by atoms with Crippen LogP contribution in [-0.2, 0) is 6.42 Å². The third-order valence-corrected chi connectivity index (χ3v) is 6.08. The molecule has 1 aromatic carbocycles. The number of anilines is 2. The molecule has 0 bridgehead atoms. The monoisotopic (exact) mass is 438 g/mol. The molecule has 2 aromatic heterocycles. The first-order chi connectivity index (χ1) is 15.5. The average molecular weight is 438 g/mol. The Kier molecular flexibility index (Phi) is 5.13. The van der Waals surface area contributed by atoms with Gasteiger partial charge in [0, 0.05) is 84.7 Å². The lowest BCUT2D eigenvalue weighted by molar-refractivity contribution is 0.380. The minimum absolute atomic E-state index is 0.00864. The Bertz CT molecular complexity index is 1180. The number of aromatic nitrogens is 3. The molecule has 1 aliphatic heterocycles. The quantitative estimate of drug-likeness (QED) is 0.494. The molecule has 0 saturated carbocycles. The minimum Gasteiger partial charge on any atom is -0.467 e. The van der Waals surface area contributed by atoms with Crippen LogP contribution in [0.1, 0.15) is 24.6 Å². The standard InChI is InChI=1S/C23H24F2N6O/c1-3-27-17-7-16(24)21(25)19-14(17)6-18-20(19)22(31-5-4-13(26)11-31)15(10-28-18)12-8-29-23(32-2)30-9-12/h7-10,13,27H,3-6,11,26H2,1-2H3/t13-/m1/s1. The Morgan fingerprint density at radius 3 is 2.62 bits per heavy atom. The number of nitrogens with one attached hydrogen (secondary N) is 1. The second kappa shape index (κ2) is 7.98. The van der Waals surface area contributed by atoms with Crippen molar-refractivity contribution in [3.63, 3.8) is 0 Å². The average Bonchev–Trinajstić information content (AvgIpc) is 3.41. The fourth-order valence-corrected chi connectivity index (χ4v) is 4.65. The molecule has 5 rings (SSSR count). The summed E-state index contributed by atoms with van der Waals surface area (Å²) in [6, 6.07) is 1.49. The molecule has 1 saturated heterocycles. The summed E-state index contributed by atoms with van der Waals surface area (Å²) in [5.74, 6) is -1.73. The topological polar surface area (TPSA) is 89.2 Å². The highest BCUT2D eigenvalue weighted by atomic mass is 19.2. The summed E-state index contributed by atoms with van der Waals surface area (Å²) in [4.78, 5) is 15.2. The number of nitrogens with two attached hydrogens (primary N) is 1. The molecule has 3 heterocycles. The van der Waals surface area contributed by atoms with Gasteiger partial charge in [-0.15, -0.1) is 0 Å². The maximum Gasteiger partial charge on any atom is 0.316 e. The predicted octanol–water partition coefficient (Wildman–Crippen LogP) is 3.37. The predicted molar refractivity (Wildman–Crippen MR) is 119 cm³/mol. The summed E-state index contributed by atoms with van der Waals surface area (Å²) < 4.78 is 35.0. The van der Waals surface area contributed by atoms with Gasteiger partial charge in [0.05, 0.1) is 18.5 Å². The summed E-state index contributed by atoms with van der Waals surface area (Å²) in [6.45, 7) is 3.86. The highest BCUT2D eigenvalue weighted by Crippen LogP contribution is 2.50. The molecule has 0 spiro atoms. The first-order valence-electron chi connectivity index (χ1n) is 10.7. The van der Waals surface area contributed by atoms with Gasteiger partial charge in [0.25, 0.3) is 0 Å². The van der Waals surface area contributed by atoms with Crippen molar-refractivity contribution >= 4 is 11.4 Å². The second-order valence-electron chi connectivity index (χ2n) is 8.08. The Balaban J connectivity index is 1.77. The van der Waals surface area contributed by atoms with Crippen LogP contribution in [0.25, 0.3) is 22.3 Å². The van der Waals surface area contributed by atoms with E-state index >= 15 is 4.39 Å². The van der Waals surface area contributed by atoms with Gasteiger partial charge in [0.1, 0.15) is 0 Å². The van der Waals surface area contributed by atoms with Gasteiger partial charge in [-0.2, -0.15) is 0 Å². The fourth-order valence-electron chi connectivity index (χ4n) is 4.65. The number of hydrogen-bond acceptors (Lipinski definition) is 7. The van der Waals surface area contributed by atoms with Crippen molar-refractivity contribution in [2.75, 3.05) is 37.0 Å². The molecular formula is C23H24F2N6O. The number of fused-ring (bicyclic) bond motifs is 3. The smallest absolute Gasteiger partial charge is 0.316 e. The maximum atomic E-state index is 15.3. The number of pyridine rings is 1. The molecule has 1 atom stereocenters. The first-order valence-corrected chi connectivity index (χ1v) is 10.7. The third kappa shape index (κ3) is 3.24. The Morgan fingerprint density at radius 2 is 1.97 bits per heavy atom. The van der Waals surface area contributed by atoms with Crippen LogP contribution in [0.3, 0.4) is 0 Å². The van der Waals surface area contributed by atoms with Crippen LogP contribution in [0.2, 0.25) is 0 Å². The molecule has 3 N–H and O–H groups in total. The highest BCUT2D eigenvalue weighted by molar-refractivity contribution is 5.96. The van der Waals surface area contributed by atoms with Gasteiger partial charge < -0.3 is 20.7 Å². The zero-order valence-corrected chi connectivity index (χ0v) is 18.0. The molecule has 1 fully saturated rings. The molecule has 0 amide bonds. The molecule has 7 nitrogen and oxygen atoms in total. The van der Waals surface area contributed by atoms with Crippen LogP contribution in [0.4, 0.5) is 20.2 Å². The van der Waals surface area contributed by atoms with Crippen molar-refractivity contribution < 1.29 is 13.5 Å². The second-order valence-corrected chi connectivity index (χ2v) is 8.08. The summed E-state index contributed by atoms with van der Waals surface area (Å²) in [6.07, 6.45) is 6.30. The van der Waals surface area contributed by atoms with Crippen molar-refractivity contribution in [1.29, 1.82) is 0 Å². The molecule has 1 aliphatic carbocycles. The van der Waals surface area contributed by atoms with E-state index in [4.69, 9.17) is 10.5 Å². The van der Waals surface area contributed by atoms with Crippen LogP contribution in [-0.4, -0.2) is 47.7 Å². The summed E-state index contributed by atoms with van der Waals surface area (Å²) in [5, 5.41) is 3.16. The number of halogens is 2. The van der Waals surface area contributed by atoms with E-state index in [0.717, 1.165) is 28.9 Å². The molecular weight excluding hydrogens is 414 g/mol. The van der Waals surface area contributed by atoms with Crippen LogP contribution in [0.5, 0.6) is 6.01 Å². The number of nitrogens with zero attached hydrogens (tertiary/aromatic N) is 4. The van der Waals surface area contributed by atoms with E-state index in [1.165, 1.54) is 13.2 Å². The lowest BCUT2D eigenvalue weighted by Gasteiger charge is -2.25. The molecule has 0 radical (unpaired) electrons. The van der Waals surface area contributed by atoms with Crippen molar-refractivity contribution in [2.24, 2.45) is 5.73 Å². The van der Waals surface area contributed by atoms with Gasteiger partial charge in [0.15, 0.2) is 11.6 Å². The van der Waals surface area contributed by atoms with E-state index in [0.29, 0.717) is 42.9 Å². The summed E-state index contributed by atoms with van der Waals surface area (Å²) in [7, 11) is 1.50. The Labute approximate surface area is 184 Å². The van der Waals surface area contributed by atoms with Crippen molar-refractivity contribution in [2.45, 2.75) is 25.8 Å². The third-order valence-electron chi connectivity index (χ3n) is 6.08. The number of rotatable bonds is 5. The number of ether oxygens (including phenoxy) is 1. The van der Waals surface area contributed by atoms with Gasteiger partial charge in [-0.1, -0.05) is 0 Å². The van der Waals surface area contributed by atoms with E-state index in [1.54, 1.807) is 18.6 Å².